The lowest BCUT2D eigenvalue weighted by molar-refractivity contribution is -0.422. The molecule has 2 saturated carbocycles. The molecule has 0 spiro atoms. The molecular weight excluding hydrogens is 516 g/mol. The Kier molecular flexibility index (Phi) is 9.07. The zero-order chi connectivity index (χ0) is 29.7. The van der Waals surface area contributed by atoms with Gasteiger partial charge in [0.1, 0.15) is 5.60 Å². The average molecular weight is 561 g/mol. The van der Waals surface area contributed by atoms with Crippen LogP contribution in [-0.4, -0.2) is 90.1 Å². The topological polar surface area (TPSA) is 200 Å². The standard InChI is InChI=1S/C27H44O12/c1-7-19(30)38-27(35,36)25(6,34)26(14(4)37-23(33)39-26)11-10-17(28)20-15(13(2)3)8-9-16-21(31)22(32)18(29)12-24(16,20)5/h13-17,20,22-23,28,32-36H,7-12H2,1-6H3. The second kappa shape index (κ2) is 11.1. The molecule has 6 N–H and O–H groups in total. The summed E-state index contributed by atoms with van der Waals surface area (Å²) in [7, 11) is 0. The molecule has 1 saturated heterocycles. The monoisotopic (exact) mass is 560 g/mol. The Morgan fingerprint density at radius 3 is 2.31 bits per heavy atom. The number of esters is 1. The number of aliphatic hydroxyl groups excluding tert-OH is 3. The first kappa shape index (κ1) is 32.0. The summed E-state index contributed by atoms with van der Waals surface area (Å²) in [4.78, 5) is 37.4. The number of ether oxygens (including phenoxy) is 3. The number of carbonyl (C=O) groups excluding carboxylic acids is 3. The molecule has 0 aromatic heterocycles. The molecule has 1 heterocycles. The van der Waals surface area contributed by atoms with Crippen molar-refractivity contribution in [2.45, 2.75) is 122 Å². The van der Waals surface area contributed by atoms with E-state index in [1.165, 1.54) is 13.8 Å². The molecule has 0 radical (unpaired) electrons. The minimum Gasteiger partial charge on any atom is -0.405 e. The summed E-state index contributed by atoms with van der Waals surface area (Å²) >= 11 is 0. The van der Waals surface area contributed by atoms with Crippen LogP contribution in [0.2, 0.25) is 0 Å². The van der Waals surface area contributed by atoms with Crippen molar-refractivity contribution in [1.82, 2.24) is 0 Å². The molecule has 10 atom stereocenters. The van der Waals surface area contributed by atoms with E-state index in [-0.39, 0.29) is 37.5 Å². The lowest BCUT2D eigenvalue weighted by Gasteiger charge is -2.56. The molecule has 0 aromatic carbocycles. The summed E-state index contributed by atoms with van der Waals surface area (Å²) < 4.78 is 15.5. The van der Waals surface area contributed by atoms with Crippen LogP contribution in [0, 0.1) is 29.1 Å². The maximum absolute atomic E-state index is 12.9. The van der Waals surface area contributed by atoms with Gasteiger partial charge in [0.2, 0.25) is 0 Å². The zero-order valence-corrected chi connectivity index (χ0v) is 23.5. The minimum absolute atomic E-state index is 0.0827. The Hall–Kier alpha value is -1.51. The molecule has 224 valence electrons. The van der Waals surface area contributed by atoms with Gasteiger partial charge in [-0.3, -0.25) is 14.4 Å². The number of carbonyl (C=O) groups is 3. The molecule has 12 heteroatoms. The third-order valence-electron chi connectivity index (χ3n) is 9.65. The normalized spacial score (nSPS) is 39.8. The fourth-order valence-corrected chi connectivity index (χ4v) is 7.34. The molecule has 3 aliphatic rings. The molecule has 12 nitrogen and oxygen atoms in total. The predicted molar refractivity (Wildman–Crippen MR) is 133 cm³/mol. The fourth-order valence-electron chi connectivity index (χ4n) is 7.34. The number of Topliss-reactive ketones (excluding diaryl/α,β-unsaturated/α-hetero) is 2. The smallest absolute Gasteiger partial charge is 0.357 e. The van der Waals surface area contributed by atoms with Gasteiger partial charge in [0.25, 0.3) is 6.48 Å². The van der Waals surface area contributed by atoms with Gasteiger partial charge in [-0.1, -0.05) is 27.7 Å². The molecule has 10 unspecified atom stereocenters. The molecule has 1 aliphatic heterocycles. The van der Waals surface area contributed by atoms with E-state index in [0.29, 0.717) is 12.8 Å². The Balaban J connectivity index is 1.97. The number of rotatable bonds is 9. The van der Waals surface area contributed by atoms with Crippen molar-refractivity contribution in [2.75, 3.05) is 0 Å². The van der Waals surface area contributed by atoms with Gasteiger partial charge in [-0.05, 0) is 62.7 Å². The second-order valence-corrected chi connectivity index (χ2v) is 12.2. The Bertz CT molecular complexity index is 947. The third-order valence-corrected chi connectivity index (χ3v) is 9.65. The van der Waals surface area contributed by atoms with E-state index in [1.807, 2.05) is 13.8 Å². The van der Waals surface area contributed by atoms with Crippen molar-refractivity contribution in [2.24, 2.45) is 29.1 Å². The Morgan fingerprint density at radius 2 is 1.79 bits per heavy atom. The highest BCUT2D eigenvalue weighted by atomic mass is 16.9. The number of hydrogen-bond acceptors (Lipinski definition) is 12. The van der Waals surface area contributed by atoms with Gasteiger partial charge in [0.05, 0.1) is 12.2 Å². The van der Waals surface area contributed by atoms with Crippen LogP contribution in [0.15, 0.2) is 0 Å². The lowest BCUT2D eigenvalue weighted by atomic mass is 9.48. The van der Waals surface area contributed by atoms with Crippen LogP contribution in [0.25, 0.3) is 0 Å². The highest BCUT2D eigenvalue weighted by Crippen LogP contribution is 2.57. The van der Waals surface area contributed by atoms with E-state index in [4.69, 9.17) is 14.2 Å². The molecule has 0 bridgehead atoms. The van der Waals surface area contributed by atoms with Crippen LogP contribution in [0.1, 0.15) is 80.1 Å². The van der Waals surface area contributed by atoms with E-state index < -0.39 is 76.7 Å². The maximum atomic E-state index is 12.9. The second-order valence-electron chi connectivity index (χ2n) is 12.2. The summed E-state index contributed by atoms with van der Waals surface area (Å²) in [5.41, 5.74) is -5.76. The van der Waals surface area contributed by atoms with Gasteiger partial charge < -0.3 is 44.8 Å². The van der Waals surface area contributed by atoms with Crippen molar-refractivity contribution in [3.05, 3.63) is 0 Å². The van der Waals surface area contributed by atoms with Crippen LogP contribution in [0.5, 0.6) is 0 Å². The van der Waals surface area contributed by atoms with Crippen LogP contribution in [-0.2, 0) is 28.6 Å². The van der Waals surface area contributed by atoms with Crippen molar-refractivity contribution in [1.29, 1.82) is 0 Å². The van der Waals surface area contributed by atoms with Crippen molar-refractivity contribution in [3.63, 3.8) is 0 Å². The molecule has 39 heavy (non-hydrogen) atoms. The Labute approximate surface area is 228 Å². The first-order chi connectivity index (χ1) is 17.9. The summed E-state index contributed by atoms with van der Waals surface area (Å²) in [6.45, 7) is 7.72. The first-order valence-corrected chi connectivity index (χ1v) is 13.7. The van der Waals surface area contributed by atoms with E-state index in [2.05, 4.69) is 0 Å². The largest absolute Gasteiger partial charge is 0.405 e. The van der Waals surface area contributed by atoms with Crippen LogP contribution >= 0.6 is 0 Å². The van der Waals surface area contributed by atoms with Gasteiger partial charge in [-0.25, -0.2) is 0 Å². The first-order valence-electron chi connectivity index (χ1n) is 13.7. The Morgan fingerprint density at radius 1 is 1.18 bits per heavy atom. The van der Waals surface area contributed by atoms with Gasteiger partial charge in [0.15, 0.2) is 23.3 Å². The van der Waals surface area contributed by atoms with Gasteiger partial charge >= 0.3 is 11.9 Å². The summed E-state index contributed by atoms with van der Waals surface area (Å²) in [5.74, 6) is -6.79. The van der Waals surface area contributed by atoms with E-state index in [0.717, 1.165) is 6.92 Å². The molecule has 0 aromatic rings. The van der Waals surface area contributed by atoms with Gasteiger partial charge in [-0.2, -0.15) is 0 Å². The predicted octanol–water partition coefficient (Wildman–Crippen LogP) is 0.128. The van der Waals surface area contributed by atoms with Gasteiger partial charge in [-0.15, -0.1) is 0 Å². The zero-order valence-electron chi connectivity index (χ0n) is 23.5. The number of ketones is 2. The van der Waals surface area contributed by atoms with E-state index in [1.54, 1.807) is 6.92 Å². The molecule has 3 fully saturated rings. The van der Waals surface area contributed by atoms with Crippen LogP contribution in [0.4, 0.5) is 0 Å². The SMILES string of the molecule is CCC(=O)OC(O)(O)C(C)(O)C1(CCC(O)C2C(C(C)C)CCC3C(=O)C(O)C(=O)CC32C)OC(O)OC1C. The number of hydrogen-bond donors (Lipinski definition) is 6. The minimum atomic E-state index is -3.45. The van der Waals surface area contributed by atoms with E-state index >= 15 is 0 Å². The average Bonchev–Trinajstić information content (AvgIpc) is 3.13. The molecule has 3 rings (SSSR count). The summed E-state index contributed by atoms with van der Waals surface area (Å²) in [6, 6.07) is 0. The van der Waals surface area contributed by atoms with Crippen molar-refractivity contribution in [3.8, 4) is 0 Å². The number of fused-ring (bicyclic) bond motifs is 1. The highest BCUT2D eigenvalue weighted by Gasteiger charge is 2.69. The van der Waals surface area contributed by atoms with Crippen LogP contribution < -0.4 is 0 Å². The lowest BCUT2D eigenvalue weighted by Crippen LogP contribution is -2.70. The van der Waals surface area contributed by atoms with Crippen molar-refractivity contribution >= 4 is 17.5 Å². The molecule has 2 aliphatic carbocycles. The highest BCUT2D eigenvalue weighted by molar-refractivity contribution is 6.09. The number of aliphatic hydroxyl groups is 6. The quantitative estimate of drug-likeness (QED) is 0.127. The third kappa shape index (κ3) is 5.30. The van der Waals surface area contributed by atoms with E-state index in [9.17, 15) is 45.0 Å². The van der Waals surface area contributed by atoms with Crippen LogP contribution in [0.3, 0.4) is 0 Å². The molecule has 0 amide bonds. The van der Waals surface area contributed by atoms with Crippen molar-refractivity contribution < 1.29 is 59.2 Å². The van der Waals surface area contributed by atoms with Gasteiger partial charge in [0, 0.05) is 18.8 Å². The summed E-state index contributed by atoms with van der Waals surface area (Å²) in [5, 5.41) is 64.7. The fraction of sp³-hybridized carbons (Fsp3) is 0.889. The maximum Gasteiger partial charge on any atom is 0.357 e. The summed E-state index contributed by atoms with van der Waals surface area (Å²) in [6.07, 6.45) is -3.65. The molecular formula is C27H44O12.